The van der Waals surface area contributed by atoms with Gasteiger partial charge in [-0.3, -0.25) is 4.79 Å². The fourth-order valence-electron chi connectivity index (χ4n) is 2.76. The van der Waals surface area contributed by atoms with E-state index in [9.17, 15) is 9.90 Å². The van der Waals surface area contributed by atoms with Crippen LogP contribution in [0.1, 0.15) is 65.7 Å². The summed E-state index contributed by atoms with van der Waals surface area (Å²) in [5.74, 6) is 0.214. The minimum absolute atomic E-state index is 0.714. The average molecular weight is 298 g/mol. The van der Waals surface area contributed by atoms with Crippen LogP contribution in [0.4, 0.5) is 0 Å². The van der Waals surface area contributed by atoms with E-state index < -0.39 is 11.5 Å². The summed E-state index contributed by atoms with van der Waals surface area (Å²) in [5, 5.41) is 12.6. The van der Waals surface area contributed by atoms with Crippen molar-refractivity contribution in [1.29, 1.82) is 0 Å². The second-order valence-electron chi connectivity index (χ2n) is 6.77. The molecule has 0 aromatic carbocycles. The monoisotopic (exact) mass is 298 g/mol. The van der Waals surface area contributed by atoms with Gasteiger partial charge in [-0.25, -0.2) is 0 Å². The molecule has 0 aromatic heterocycles. The van der Waals surface area contributed by atoms with E-state index in [2.05, 4.69) is 24.1 Å². The van der Waals surface area contributed by atoms with Gasteiger partial charge in [0.1, 0.15) is 5.54 Å². The quantitative estimate of drug-likeness (QED) is 0.513. The second-order valence-corrected chi connectivity index (χ2v) is 6.77. The minimum Gasteiger partial charge on any atom is -0.480 e. The van der Waals surface area contributed by atoms with E-state index in [-0.39, 0.29) is 0 Å². The van der Waals surface area contributed by atoms with Gasteiger partial charge < -0.3 is 15.3 Å². The summed E-state index contributed by atoms with van der Waals surface area (Å²) >= 11 is 0. The molecule has 0 saturated heterocycles. The van der Waals surface area contributed by atoms with Crippen LogP contribution in [0.2, 0.25) is 0 Å². The van der Waals surface area contributed by atoms with Crippen LogP contribution >= 0.6 is 0 Å². The van der Waals surface area contributed by atoms with Gasteiger partial charge in [-0.15, -0.1) is 0 Å². The molecule has 1 aliphatic carbocycles. The first-order valence-electron chi connectivity index (χ1n) is 8.72. The molecule has 0 heterocycles. The van der Waals surface area contributed by atoms with Crippen molar-refractivity contribution in [3.05, 3.63) is 0 Å². The van der Waals surface area contributed by atoms with Crippen molar-refractivity contribution in [2.24, 2.45) is 5.92 Å². The Bertz CT molecular complexity index is 305. The summed E-state index contributed by atoms with van der Waals surface area (Å²) in [6.45, 7) is 10.4. The molecule has 2 N–H and O–H groups in total. The molecule has 0 aliphatic heterocycles. The summed E-state index contributed by atoms with van der Waals surface area (Å²) in [6, 6.07) is 0. The van der Waals surface area contributed by atoms with E-state index in [1.807, 2.05) is 6.92 Å². The predicted octanol–water partition coefficient (Wildman–Crippen LogP) is 3.12. The molecular formula is C17H34N2O2. The number of rotatable bonds is 13. The van der Waals surface area contributed by atoms with Crippen LogP contribution in [0.5, 0.6) is 0 Å². The fraction of sp³-hybridized carbons (Fsp3) is 0.941. The number of aliphatic carboxylic acids is 1. The number of hydrogen-bond acceptors (Lipinski definition) is 3. The van der Waals surface area contributed by atoms with Gasteiger partial charge in [0.15, 0.2) is 0 Å². The molecule has 124 valence electrons. The van der Waals surface area contributed by atoms with Crippen LogP contribution in [0, 0.1) is 5.92 Å². The molecule has 0 amide bonds. The molecule has 1 aliphatic rings. The maximum absolute atomic E-state index is 11.4. The Balaban J connectivity index is 2.26. The molecule has 4 heteroatoms. The third-order valence-electron chi connectivity index (χ3n) is 4.39. The van der Waals surface area contributed by atoms with Gasteiger partial charge in [-0.1, -0.05) is 13.8 Å². The largest absolute Gasteiger partial charge is 0.480 e. The second kappa shape index (κ2) is 9.42. The number of carboxylic acids is 1. The topological polar surface area (TPSA) is 52.6 Å². The van der Waals surface area contributed by atoms with E-state index >= 15 is 0 Å². The highest BCUT2D eigenvalue weighted by molar-refractivity contribution is 5.78. The highest BCUT2D eigenvalue weighted by atomic mass is 16.4. The first-order valence-corrected chi connectivity index (χ1v) is 8.72. The molecule has 0 radical (unpaired) electrons. The summed E-state index contributed by atoms with van der Waals surface area (Å²) in [6.07, 6.45) is 7.77. The van der Waals surface area contributed by atoms with Crippen molar-refractivity contribution < 1.29 is 9.90 Å². The van der Waals surface area contributed by atoms with Crippen molar-refractivity contribution in [2.75, 3.05) is 26.2 Å². The smallest absolute Gasteiger partial charge is 0.323 e. The van der Waals surface area contributed by atoms with E-state index in [1.165, 1.54) is 32.4 Å². The molecule has 1 fully saturated rings. The van der Waals surface area contributed by atoms with Crippen molar-refractivity contribution in [1.82, 2.24) is 10.2 Å². The van der Waals surface area contributed by atoms with Crippen molar-refractivity contribution >= 4 is 5.97 Å². The lowest BCUT2D eigenvalue weighted by atomic mass is 9.94. The number of hydrogen-bond donors (Lipinski definition) is 2. The molecule has 1 unspecified atom stereocenters. The van der Waals surface area contributed by atoms with Gasteiger partial charge in [0, 0.05) is 6.54 Å². The molecule has 1 saturated carbocycles. The third-order valence-corrected chi connectivity index (χ3v) is 4.39. The summed E-state index contributed by atoms with van der Waals surface area (Å²) < 4.78 is 0. The molecule has 1 rings (SSSR count). The van der Waals surface area contributed by atoms with Gasteiger partial charge in [0.25, 0.3) is 0 Å². The Morgan fingerprint density at radius 2 is 1.95 bits per heavy atom. The zero-order valence-corrected chi connectivity index (χ0v) is 14.2. The lowest BCUT2D eigenvalue weighted by Crippen LogP contribution is -2.49. The van der Waals surface area contributed by atoms with E-state index in [0.717, 1.165) is 38.3 Å². The molecule has 4 nitrogen and oxygen atoms in total. The zero-order valence-electron chi connectivity index (χ0n) is 14.2. The van der Waals surface area contributed by atoms with Crippen molar-refractivity contribution in [2.45, 2.75) is 71.3 Å². The normalized spacial score (nSPS) is 17.9. The Hall–Kier alpha value is -0.610. The molecule has 0 bridgehead atoms. The van der Waals surface area contributed by atoms with E-state index in [1.54, 1.807) is 0 Å². The van der Waals surface area contributed by atoms with Gasteiger partial charge in [-0.2, -0.15) is 0 Å². The van der Waals surface area contributed by atoms with Crippen molar-refractivity contribution in [3.63, 3.8) is 0 Å². The number of nitrogens with one attached hydrogen (secondary N) is 1. The van der Waals surface area contributed by atoms with Crippen molar-refractivity contribution in [3.8, 4) is 0 Å². The van der Waals surface area contributed by atoms with Crippen LogP contribution < -0.4 is 5.32 Å². The summed E-state index contributed by atoms with van der Waals surface area (Å²) in [4.78, 5) is 14.0. The van der Waals surface area contributed by atoms with Gasteiger partial charge in [0.2, 0.25) is 0 Å². The molecular weight excluding hydrogens is 264 g/mol. The lowest BCUT2D eigenvalue weighted by molar-refractivity contribution is -0.144. The number of unbranched alkanes of at least 4 members (excludes halogenated alkanes) is 1. The van der Waals surface area contributed by atoms with Crippen LogP contribution in [0.3, 0.4) is 0 Å². The maximum atomic E-state index is 11.4. The predicted molar refractivity (Wildman–Crippen MR) is 87.6 cm³/mol. The average Bonchev–Trinajstić information content (AvgIpc) is 3.25. The fourth-order valence-corrected chi connectivity index (χ4v) is 2.76. The summed E-state index contributed by atoms with van der Waals surface area (Å²) in [5.41, 5.74) is -0.762. The van der Waals surface area contributed by atoms with Gasteiger partial charge >= 0.3 is 5.97 Å². The lowest BCUT2D eigenvalue weighted by Gasteiger charge is -2.27. The molecule has 0 aromatic rings. The Morgan fingerprint density at radius 1 is 1.24 bits per heavy atom. The number of carbonyl (C=O) groups is 1. The Labute approximate surface area is 130 Å². The molecule has 0 spiro atoms. The first-order chi connectivity index (χ1) is 10.0. The minimum atomic E-state index is -0.762. The first kappa shape index (κ1) is 18.4. The van der Waals surface area contributed by atoms with Crippen LogP contribution in [0.15, 0.2) is 0 Å². The van der Waals surface area contributed by atoms with Gasteiger partial charge in [0.05, 0.1) is 0 Å². The van der Waals surface area contributed by atoms with E-state index in [4.69, 9.17) is 0 Å². The Kier molecular flexibility index (Phi) is 8.27. The SMILES string of the molecule is CCCNC(C)(CCCCN(CCC)CC1CC1)C(=O)O. The van der Waals surface area contributed by atoms with Crippen LogP contribution in [0.25, 0.3) is 0 Å². The van der Waals surface area contributed by atoms with Crippen LogP contribution in [-0.2, 0) is 4.79 Å². The maximum Gasteiger partial charge on any atom is 0.323 e. The standard InChI is InChI=1S/C17H34N2O2/c1-4-11-18-17(3,16(20)21)10-6-7-13-19(12-5-2)14-15-8-9-15/h15,18H,4-14H2,1-3H3,(H,20,21). The third kappa shape index (κ3) is 7.28. The highest BCUT2D eigenvalue weighted by Gasteiger charge is 2.31. The zero-order chi connectivity index (χ0) is 15.7. The molecule has 21 heavy (non-hydrogen) atoms. The highest BCUT2D eigenvalue weighted by Crippen LogP contribution is 2.29. The number of carboxylic acid groups (broad SMARTS) is 1. The molecule has 1 atom stereocenters. The van der Waals surface area contributed by atoms with Gasteiger partial charge in [-0.05, 0) is 77.4 Å². The van der Waals surface area contributed by atoms with Crippen LogP contribution in [-0.4, -0.2) is 47.7 Å². The summed E-state index contributed by atoms with van der Waals surface area (Å²) in [7, 11) is 0. The number of nitrogens with zero attached hydrogens (tertiary/aromatic N) is 1. The Morgan fingerprint density at radius 3 is 2.48 bits per heavy atom. The van der Waals surface area contributed by atoms with E-state index in [0.29, 0.717) is 6.42 Å².